The number of nitrogens with one attached hydrogen (secondary N) is 2. The lowest BCUT2D eigenvalue weighted by Crippen LogP contribution is -2.50. The first-order chi connectivity index (χ1) is 14.0. The molecule has 2 aromatic carbocycles. The zero-order valence-electron chi connectivity index (χ0n) is 16.4. The number of aromatic nitrogens is 2. The number of hydrogen-bond acceptors (Lipinski definition) is 3. The van der Waals surface area contributed by atoms with Crippen LogP contribution in [0, 0.1) is 11.6 Å². The number of hydrogen-bond donors (Lipinski definition) is 2. The molecule has 3 aromatic rings. The van der Waals surface area contributed by atoms with Crippen LogP contribution in [0.15, 0.2) is 54.7 Å². The van der Waals surface area contributed by atoms with Crippen molar-refractivity contribution in [1.82, 2.24) is 20.4 Å². The van der Waals surface area contributed by atoms with E-state index in [-0.39, 0.29) is 35.7 Å². The average Bonchev–Trinajstić information content (AvgIpc) is 3.14. The Hall–Kier alpha value is -2.77. The molecule has 158 valence electrons. The van der Waals surface area contributed by atoms with Crippen molar-refractivity contribution in [2.45, 2.75) is 18.4 Å². The molecular weight excluding hydrogens is 410 g/mol. The molecule has 0 radical (unpaired) electrons. The molecule has 0 bridgehead atoms. The first-order valence-electron chi connectivity index (χ1n) is 9.58. The van der Waals surface area contributed by atoms with Gasteiger partial charge in [0.15, 0.2) is 0 Å². The van der Waals surface area contributed by atoms with Gasteiger partial charge in [0.2, 0.25) is 0 Å². The number of amides is 1. The molecule has 2 atom stereocenters. The molecule has 0 saturated carbocycles. The molecule has 1 aliphatic rings. The minimum Gasteiger partial charge on any atom is -0.347 e. The molecule has 1 aromatic heterocycles. The molecule has 4 rings (SSSR count). The summed E-state index contributed by atoms with van der Waals surface area (Å²) in [5, 5.41) is 10.3. The summed E-state index contributed by atoms with van der Waals surface area (Å²) in [6.45, 7) is 1.32. The third-order valence-corrected chi connectivity index (χ3v) is 5.41. The maximum absolute atomic E-state index is 14.7. The largest absolute Gasteiger partial charge is 0.347 e. The number of halogens is 3. The molecule has 0 spiro atoms. The van der Waals surface area contributed by atoms with Crippen molar-refractivity contribution < 1.29 is 13.6 Å². The predicted molar refractivity (Wildman–Crippen MR) is 114 cm³/mol. The van der Waals surface area contributed by atoms with E-state index >= 15 is 0 Å². The van der Waals surface area contributed by atoms with Crippen molar-refractivity contribution in [3.63, 3.8) is 0 Å². The van der Waals surface area contributed by atoms with E-state index in [1.807, 2.05) is 6.07 Å². The van der Waals surface area contributed by atoms with Crippen LogP contribution in [0.1, 0.15) is 28.3 Å². The standard InChI is InChI=1S/C22H22F2N4O.ClH/c1-28-21(8-10-26-28)15-5-6-18(19(24)12-15)22(29)27-20-13-25-9-7-17(20)14-3-2-4-16(23)11-14;/h2-6,8,10-12,17,20,25H,7,9,13H2,1H3,(H,27,29);1H/t17-,20+;/m1./s1. The summed E-state index contributed by atoms with van der Waals surface area (Å²) in [7, 11) is 1.77. The second kappa shape index (κ2) is 9.36. The highest BCUT2D eigenvalue weighted by Crippen LogP contribution is 2.27. The summed E-state index contributed by atoms with van der Waals surface area (Å²) >= 11 is 0. The van der Waals surface area contributed by atoms with Crippen LogP contribution in [0.3, 0.4) is 0 Å². The van der Waals surface area contributed by atoms with E-state index in [1.165, 1.54) is 24.3 Å². The molecule has 2 N–H and O–H groups in total. The molecule has 0 aliphatic carbocycles. The lowest BCUT2D eigenvalue weighted by Gasteiger charge is -2.33. The van der Waals surface area contributed by atoms with Gasteiger partial charge in [-0.3, -0.25) is 9.48 Å². The first kappa shape index (κ1) is 21.9. The SMILES string of the molecule is Cl.Cn1nccc1-c1ccc(C(=O)N[C@H]2CNCC[C@@H]2c2cccc(F)c2)c(F)c1. The van der Waals surface area contributed by atoms with Gasteiger partial charge in [0.1, 0.15) is 11.6 Å². The normalized spacial score (nSPS) is 18.5. The Morgan fingerprint density at radius 2 is 2.03 bits per heavy atom. The Morgan fingerprint density at radius 3 is 2.73 bits per heavy atom. The fourth-order valence-electron chi connectivity index (χ4n) is 3.91. The summed E-state index contributed by atoms with van der Waals surface area (Å²) in [4.78, 5) is 12.8. The van der Waals surface area contributed by atoms with Crippen LogP contribution in [-0.2, 0) is 7.05 Å². The van der Waals surface area contributed by atoms with E-state index in [4.69, 9.17) is 0 Å². The van der Waals surface area contributed by atoms with Gasteiger partial charge in [-0.05, 0) is 48.9 Å². The molecule has 0 unspecified atom stereocenters. The lowest BCUT2D eigenvalue weighted by molar-refractivity contribution is 0.0920. The van der Waals surface area contributed by atoms with Crippen molar-refractivity contribution in [2.24, 2.45) is 7.05 Å². The van der Waals surface area contributed by atoms with E-state index in [0.29, 0.717) is 12.1 Å². The number of aryl methyl sites for hydroxylation is 1. The first-order valence-corrected chi connectivity index (χ1v) is 9.58. The van der Waals surface area contributed by atoms with E-state index in [0.717, 1.165) is 24.2 Å². The summed E-state index contributed by atoms with van der Waals surface area (Å²) in [6, 6.07) is 12.5. The maximum Gasteiger partial charge on any atom is 0.254 e. The summed E-state index contributed by atoms with van der Waals surface area (Å²) in [6.07, 6.45) is 2.40. The molecule has 1 saturated heterocycles. The molecule has 30 heavy (non-hydrogen) atoms. The number of carbonyl (C=O) groups is 1. The Kier molecular flexibility index (Phi) is 6.84. The zero-order valence-corrected chi connectivity index (χ0v) is 17.3. The number of benzene rings is 2. The molecular formula is C22H23ClF2N4O. The van der Waals surface area contributed by atoms with Crippen LogP contribution >= 0.6 is 12.4 Å². The van der Waals surface area contributed by atoms with Crippen molar-refractivity contribution in [1.29, 1.82) is 0 Å². The Morgan fingerprint density at radius 1 is 1.20 bits per heavy atom. The third kappa shape index (κ3) is 4.52. The fraction of sp³-hybridized carbons (Fsp3) is 0.273. The van der Waals surface area contributed by atoms with Gasteiger partial charge < -0.3 is 10.6 Å². The average molecular weight is 433 g/mol. The number of carbonyl (C=O) groups excluding carboxylic acids is 1. The van der Waals surface area contributed by atoms with Crippen LogP contribution in [0.25, 0.3) is 11.3 Å². The van der Waals surface area contributed by atoms with E-state index in [2.05, 4.69) is 15.7 Å². The number of piperidine rings is 1. The Labute approximate surface area is 179 Å². The van der Waals surface area contributed by atoms with E-state index < -0.39 is 11.7 Å². The van der Waals surface area contributed by atoms with Crippen LogP contribution in [0.4, 0.5) is 8.78 Å². The van der Waals surface area contributed by atoms with Gasteiger partial charge in [0, 0.05) is 37.3 Å². The molecule has 1 fully saturated rings. The maximum atomic E-state index is 14.7. The van der Waals surface area contributed by atoms with Crippen LogP contribution in [0.2, 0.25) is 0 Å². The van der Waals surface area contributed by atoms with Crippen molar-refractivity contribution >= 4 is 18.3 Å². The Bertz CT molecular complexity index is 1040. The van der Waals surface area contributed by atoms with Gasteiger partial charge >= 0.3 is 0 Å². The molecule has 5 nitrogen and oxygen atoms in total. The van der Waals surface area contributed by atoms with Gasteiger partial charge in [-0.25, -0.2) is 8.78 Å². The summed E-state index contributed by atoms with van der Waals surface area (Å²) < 4.78 is 30.0. The lowest BCUT2D eigenvalue weighted by atomic mass is 9.86. The number of nitrogens with zero attached hydrogens (tertiary/aromatic N) is 2. The zero-order chi connectivity index (χ0) is 20.4. The van der Waals surface area contributed by atoms with Crippen LogP contribution < -0.4 is 10.6 Å². The molecule has 8 heteroatoms. The highest BCUT2D eigenvalue weighted by Gasteiger charge is 2.29. The second-order valence-electron chi connectivity index (χ2n) is 7.27. The van der Waals surface area contributed by atoms with Gasteiger partial charge in [0.25, 0.3) is 5.91 Å². The van der Waals surface area contributed by atoms with Gasteiger partial charge in [-0.15, -0.1) is 12.4 Å². The van der Waals surface area contributed by atoms with E-state index in [9.17, 15) is 13.6 Å². The number of rotatable bonds is 4. The van der Waals surface area contributed by atoms with Gasteiger partial charge in [-0.2, -0.15) is 5.10 Å². The fourth-order valence-corrected chi connectivity index (χ4v) is 3.91. The van der Waals surface area contributed by atoms with E-state index in [1.54, 1.807) is 36.1 Å². The quantitative estimate of drug-likeness (QED) is 0.661. The topological polar surface area (TPSA) is 59.0 Å². The van der Waals surface area contributed by atoms with Crippen LogP contribution in [-0.4, -0.2) is 34.8 Å². The third-order valence-electron chi connectivity index (χ3n) is 5.41. The van der Waals surface area contributed by atoms with Gasteiger partial charge in [0.05, 0.1) is 11.3 Å². The van der Waals surface area contributed by atoms with Gasteiger partial charge in [-0.1, -0.05) is 18.2 Å². The minimum absolute atomic E-state index is 0. The second-order valence-corrected chi connectivity index (χ2v) is 7.27. The van der Waals surface area contributed by atoms with Crippen molar-refractivity contribution in [2.75, 3.05) is 13.1 Å². The van der Waals surface area contributed by atoms with Crippen LogP contribution in [0.5, 0.6) is 0 Å². The van der Waals surface area contributed by atoms with Crippen molar-refractivity contribution in [3.05, 3.63) is 77.5 Å². The summed E-state index contributed by atoms with van der Waals surface area (Å²) in [5.41, 5.74) is 2.23. The molecule has 1 amide bonds. The minimum atomic E-state index is -0.590. The highest BCUT2D eigenvalue weighted by atomic mass is 35.5. The highest BCUT2D eigenvalue weighted by molar-refractivity contribution is 5.95. The smallest absolute Gasteiger partial charge is 0.254 e. The monoisotopic (exact) mass is 432 g/mol. The predicted octanol–water partition coefficient (Wildman–Crippen LogP) is 3.66. The molecule has 2 heterocycles. The molecule has 1 aliphatic heterocycles. The van der Waals surface area contributed by atoms with Crippen molar-refractivity contribution in [3.8, 4) is 11.3 Å². The summed E-state index contributed by atoms with van der Waals surface area (Å²) in [5.74, 6) is -1.41. The Balaban J connectivity index is 0.00000256.